The second-order valence-electron chi connectivity index (χ2n) is 10.0. The van der Waals surface area contributed by atoms with Gasteiger partial charge in [-0.3, -0.25) is 9.59 Å². The number of fused-ring (bicyclic) bond motifs is 1. The highest BCUT2D eigenvalue weighted by Gasteiger charge is 2.39. The molecule has 7 nitrogen and oxygen atoms in total. The van der Waals surface area contributed by atoms with E-state index < -0.39 is 54.4 Å². The van der Waals surface area contributed by atoms with Gasteiger partial charge >= 0.3 is 18.4 Å². The summed E-state index contributed by atoms with van der Waals surface area (Å²) in [5.74, 6) is -4.09. The summed E-state index contributed by atoms with van der Waals surface area (Å²) in [6.45, 7) is 3.58. The summed E-state index contributed by atoms with van der Waals surface area (Å²) < 4.78 is 103. The van der Waals surface area contributed by atoms with Gasteiger partial charge in [-0.15, -0.1) is 13.2 Å². The highest BCUT2D eigenvalue weighted by Crippen LogP contribution is 2.40. The zero-order chi connectivity index (χ0) is 31.5. The van der Waals surface area contributed by atoms with Crippen molar-refractivity contribution in [3.05, 3.63) is 77.9 Å². The van der Waals surface area contributed by atoms with E-state index in [0.717, 1.165) is 12.1 Å². The van der Waals surface area contributed by atoms with E-state index in [1.165, 1.54) is 53.2 Å². The van der Waals surface area contributed by atoms with Gasteiger partial charge in [-0.05, 0) is 48.4 Å². The summed E-state index contributed by atoms with van der Waals surface area (Å²) >= 11 is 0. The van der Waals surface area contributed by atoms with Crippen molar-refractivity contribution in [2.24, 2.45) is 0 Å². The van der Waals surface area contributed by atoms with Gasteiger partial charge in [0.05, 0.1) is 17.7 Å². The van der Waals surface area contributed by atoms with Gasteiger partial charge in [-0.25, -0.2) is 4.39 Å². The lowest BCUT2D eigenvalue weighted by Gasteiger charge is -2.25. The summed E-state index contributed by atoms with van der Waals surface area (Å²) in [5.41, 5.74) is 0.679. The number of halogens is 7. The molecule has 2 unspecified atom stereocenters. The molecule has 4 rings (SSSR count). The van der Waals surface area contributed by atoms with Crippen molar-refractivity contribution in [2.45, 2.75) is 56.9 Å². The number of benzene rings is 2. The number of nitrogens with zero attached hydrogens (tertiary/aromatic N) is 2. The number of rotatable bonds is 10. The van der Waals surface area contributed by atoms with Gasteiger partial charge in [-0.2, -0.15) is 13.2 Å². The van der Waals surface area contributed by atoms with Crippen LogP contribution in [-0.4, -0.2) is 53.6 Å². The van der Waals surface area contributed by atoms with Crippen molar-refractivity contribution in [1.82, 2.24) is 14.8 Å². The SMILES string of the molecule is C=CN(C(=O)c1cn(CCOC)c2c(OC(F)(F)F)cccc12)C1CCC(c2cc(CNC(=O)C(F)(F)F)ccc2F)C1. The molecule has 14 heteroatoms. The molecule has 1 fully saturated rings. The van der Waals surface area contributed by atoms with E-state index in [-0.39, 0.29) is 47.2 Å². The Kier molecular flexibility index (Phi) is 9.38. The number of ether oxygens (including phenoxy) is 2. The molecule has 2 atom stereocenters. The molecule has 0 saturated heterocycles. The van der Waals surface area contributed by atoms with Crippen LogP contribution in [0.25, 0.3) is 10.9 Å². The monoisotopic (exact) mass is 615 g/mol. The lowest BCUT2D eigenvalue weighted by Crippen LogP contribution is -2.36. The van der Waals surface area contributed by atoms with Crippen LogP contribution in [0.5, 0.6) is 5.75 Å². The summed E-state index contributed by atoms with van der Waals surface area (Å²) in [6.07, 6.45) is -6.11. The Hall–Kier alpha value is -4.07. The third-order valence-electron chi connectivity index (χ3n) is 7.29. The maximum atomic E-state index is 14.8. The van der Waals surface area contributed by atoms with Crippen molar-refractivity contribution in [2.75, 3.05) is 13.7 Å². The van der Waals surface area contributed by atoms with Crippen LogP contribution < -0.4 is 10.1 Å². The zero-order valence-corrected chi connectivity index (χ0v) is 22.9. The molecule has 1 N–H and O–H groups in total. The molecule has 0 bridgehead atoms. The molecule has 3 aromatic rings. The minimum absolute atomic E-state index is 0.0602. The van der Waals surface area contributed by atoms with E-state index >= 15 is 0 Å². The number of hydrogen-bond acceptors (Lipinski definition) is 4. The first-order chi connectivity index (χ1) is 20.2. The summed E-state index contributed by atoms with van der Waals surface area (Å²) in [5, 5.41) is 1.98. The van der Waals surface area contributed by atoms with E-state index in [1.54, 1.807) is 5.32 Å². The van der Waals surface area contributed by atoms with Crippen LogP contribution in [-0.2, 0) is 22.6 Å². The Balaban J connectivity index is 1.58. The third-order valence-corrected chi connectivity index (χ3v) is 7.29. The van der Waals surface area contributed by atoms with Crippen LogP contribution in [0.15, 0.2) is 55.4 Å². The molecular weight excluding hydrogens is 587 g/mol. The Morgan fingerprint density at radius 1 is 1.14 bits per heavy atom. The Labute approximate surface area is 241 Å². The molecular formula is C29H28F7N3O4. The normalized spacial score (nSPS) is 17.2. The van der Waals surface area contributed by atoms with E-state index in [4.69, 9.17) is 4.74 Å². The zero-order valence-electron chi connectivity index (χ0n) is 22.9. The van der Waals surface area contributed by atoms with Gasteiger partial charge in [0.15, 0.2) is 5.75 Å². The first-order valence-corrected chi connectivity index (χ1v) is 13.2. The Morgan fingerprint density at radius 3 is 2.53 bits per heavy atom. The third kappa shape index (κ3) is 7.29. The van der Waals surface area contributed by atoms with Crippen LogP contribution >= 0.6 is 0 Å². The molecule has 0 spiro atoms. The molecule has 232 valence electrons. The molecule has 43 heavy (non-hydrogen) atoms. The average molecular weight is 616 g/mol. The average Bonchev–Trinajstić information content (AvgIpc) is 3.56. The standard InChI is InChI=1S/C29H28F7N3O4/c1-3-39(19-9-8-18(14-19)21-13-17(7-10-23(21)30)15-37-27(41)28(31,32)33)26(40)22-16-38(11-12-42-2)25-20(22)5-4-6-24(25)43-29(34,35)36/h3-7,10,13,16,18-19H,1,8-9,11-12,14-15H2,2H3,(H,37,41). The molecule has 1 aliphatic carbocycles. The van der Waals surface area contributed by atoms with E-state index in [2.05, 4.69) is 11.3 Å². The maximum absolute atomic E-state index is 14.8. The number of amides is 2. The first-order valence-electron chi connectivity index (χ1n) is 13.2. The molecule has 2 aromatic carbocycles. The smallest absolute Gasteiger partial charge is 0.404 e. The van der Waals surface area contributed by atoms with Crippen molar-refractivity contribution >= 4 is 22.7 Å². The van der Waals surface area contributed by atoms with Gasteiger partial charge in [0.2, 0.25) is 0 Å². The van der Waals surface area contributed by atoms with Gasteiger partial charge in [0.1, 0.15) is 5.82 Å². The summed E-state index contributed by atoms with van der Waals surface area (Å²) in [7, 11) is 1.43. The minimum Gasteiger partial charge on any atom is -0.404 e. The van der Waals surface area contributed by atoms with Crippen molar-refractivity contribution in [3.63, 3.8) is 0 Å². The lowest BCUT2D eigenvalue weighted by molar-refractivity contribution is -0.274. The number of para-hydroxylation sites is 1. The number of carbonyl (C=O) groups excluding carboxylic acids is 2. The predicted octanol–water partition coefficient (Wildman–Crippen LogP) is 6.43. The number of aromatic nitrogens is 1. The van der Waals surface area contributed by atoms with Gasteiger partial charge in [0, 0.05) is 44.0 Å². The van der Waals surface area contributed by atoms with Crippen molar-refractivity contribution < 1.29 is 49.8 Å². The molecule has 1 aromatic heterocycles. The fourth-order valence-electron chi connectivity index (χ4n) is 5.40. The number of carbonyl (C=O) groups is 2. The summed E-state index contributed by atoms with van der Waals surface area (Å²) in [6, 6.07) is 7.34. The van der Waals surface area contributed by atoms with Crippen LogP contribution in [0, 0.1) is 5.82 Å². The van der Waals surface area contributed by atoms with Gasteiger partial charge < -0.3 is 24.3 Å². The second-order valence-corrected chi connectivity index (χ2v) is 10.0. The molecule has 1 heterocycles. The number of alkyl halides is 6. The van der Waals surface area contributed by atoms with Gasteiger partial charge in [-0.1, -0.05) is 30.8 Å². The summed E-state index contributed by atoms with van der Waals surface area (Å²) in [4.78, 5) is 26.3. The van der Waals surface area contributed by atoms with Gasteiger partial charge in [0.25, 0.3) is 5.91 Å². The largest absolute Gasteiger partial charge is 0.573 e. The number of nitrogens with one attached hydrogen (secondary N) is 1. The van der Waals surface area contributed by atoms with Crippen LogP contribution in [0.1, 0.15) is 46.7 Å². The van der Waals surface area contributed by atoms with Crippen molar-refractivity contribution in [3.8, 4) is 5.75 Å². The fraction of sp³-hybridized carbons (Fsp3) is 0.379. The minimum atomic E-state index is -5.05. The Morgan fingerprint density at radius 2 is 1.88 bits per heavy atom. The maximum Gasteiger partial charge on any atom is 0.573 e. The second kappa shape index (κ2) is 12.7. The molecule has 1 aliphatic rings. The predicted molar refractivity (Wildman–Crippen MR) is 142 cm³/mol. The Bertz CT molecular complexity index is 1500. The first kappa shape index (κ1) is 31.9. The topological polar surface area (TPSA) is 72.8 Å². The molecule has 2 amide bonds. The van der Waals surface area contributed by atoms with E-state index in [9.17, 15) is 40.3 Å². The van der Waals surface area contributed by atoms with Crippen LogP contribution in [0.3, 0.4) is 0 Å². The lowest BCUT2D eigenvalue weighted by atomic mass is 9.95. The van der Waals surface area contributed by atoms with E-state index in [1.807, 2.05) is 0 Å². The fourth-order valence-corrected chi connectivity index (χ4v) is 5.40. The highest BCUT2D eigenvalue weighted by atomic mass is 19.4. The number of methoxy groups -OCH3 is 1. The van der Waals surface area contributed by atoms with Crippen LogP contribution in [0.4, 0.5) is 30.7 Å². The molecule has 0 aliphatic heterocycles. The van der Waals surface area contributed by atoms with Crippen molar-refractivity contribution in [1.29, 1.82) is 0 Å². The van der Waals surface area contributed by atoms with Crippen LogP contribution in [0.2, 0.25) is 0 Å². The molecule has 0 radical (unpaired) electrons. The number of hydrogen-bond donors (Lipinski definition) is 1. The quantitative estimate of drug-likeness (QED) is 0.267. The highest BCUT2D eigenvalue weighted by molar-refractivity contribution is 6.08. The molecule has 1 saturated carbocycles. The van der Waals surface area contributed by atoms with E-state index in [0.29, 0.717) is 12.8 Å².